The predicted molar refractivity (Wildman–Crippen MR) is 173 cm³/mol. The summed E-state index contributed by atoms with van der Waals surface area (Å²) in [5.74, 6) is -5.32. The Morgan fingerprint density at radius 1 is 1.04 bits per heavy atom. The van der Waals surface area contributed by atoms with E-state index in [0.717, 1.165) is 16.3 Å². The van der Waals surface area contributed by atoms with Crippen molar-refractivity contribution in [2.24, 2.45) is 17.8 Å². The highest BCUT2D eigenvalue weighted by atomic mass is 16.6. The van der Waals surface area contributed by atoms with Gasteiger partial charge in [0.2, 0.25) is 17.7 Å². The number of ether oxygens (including phenoxy) is 1. The Bertz CT molecular complexity index is 1570. The number of nitrogens with zero attached hydrogens (tertiary/aromatic N) is 2. The van der Waals surface area contributed by atoms with Crippen LogP contribution in [0.25, 0.3) is 10.8 Å². The third-order valence-corrected chi connectivity index (χ3v) is 8.51. The number of fused-ring (bicyclic) bond motifs is 1. The molecule has 0 aliphatic carbocycles. The molecule has 258 valence electrons. The maximum absolute atomic E-state index is 14.1. The van der Waals surface area contributed by atoms with Crippen molar-refractivity contribution in [1.29, 1.82) is 0 Å². The van der Waals surface area contributed by atoms with Gasteiger partial charge in [0, 0.05) is 32.1 Å². The summed E-state index contributed by atoms with van der Waals surface area (Å²) >= 11 is 0. The third-order valence-electron chi connectivity index (χ3n) is 8.51. The first-order valence-corrected chi connectivity index (χ1v) is 16.0. The molecule has 5 atom stereocenters. The number of imidazole rings is 1. The molecule has 1 saturated heterocycles. The van der Waals surface area contributed by atoms with E-state index in [2.05, 4.69) is 20.6 Å². The highest BCUT2D eigenvalue weighted by Crippen LogP contribution is 2.25. The van der Waals surface area contributed by atoms with Crippen LogP contribution in [-0.2, 0) is 41.6 Å². The van der Waals surface area contributed by atoms with Gasteiger partial charge in [-0.25, -0.2) is 9.78 Å². The van der Waals surface area contributed by atoms with Gasteiger partial charge in [-0.05, 0) is 41.5 Å². The Morgan fingerprint density at radius 3 is 2.48 bits per heavy atom. The molecule has 3 unspecified atom stereocenters. The van der Waals surface area contributed by atoms with Crippen LogP contribution in [0, 0.1) is 17.8 Å². The smallest absolute Gasteiger partial charge is 0.334 e. The topological polar surface area (TPSA) is 211 Å². The van der Waals surface area contributed by atoms with Gasteiger partial charge in [0.25, 0.3) is 0 Å². The first kappa shape index (κ1) is 36.0. The van der Waals surface area contributed by atoms with E-state index < -0.39 is 60.6 Å². The number of esters is 1. The number of carbonyl (C=O) groups excluding carboxylic acids is 4. The summed E-state index contributed by atoms with van der Waals surface area (Å²) < 4.78 is 4.70. The van der Waals surface area contributed by atoms with Gasteiger partial charge >= 0.3 is 11.9 Å². The van der Waals surface area contributed by atoms with Gasteiger partial charge in [0.05, 0.1) is 29.9 Å². The number of rotatable bonds is 16. The molecule has 3 amide bonds. The molecular weight excluding hydrogens is 622 g/mol. The summed E-state index contributed by atoms with van der Waals surface area (Å²) in [6, 6.07) is 11.0. The van der Waals surface area contributed by atoms with E-state index in [9.17, 15) is 34.2 Å². The molecule has 2 aromatic carbocycles. The van der Waals surface area contributed by atoms with E-state index in [1.54, 1.807) is 6.20 Å². The highest BCUT2D eigenvalue weighted by molar-refractivity contribution is 5.92. The number of benzene rings is 2. The second-order valence-corrected chi connectivity index (χ2v) is 12.5. The average Bonchev–Trinajstić information content (AvgIpc) is 3.76. The fourth-order valence-electron chi connectivity index (χ4n) is 6.03. The van der Waals surface area contributed by atoms with Gasteiger partial charge in [-0.15, -0.1) is 0 Å². The van der Waals surface area contributed by atoms with Crippen LogP contribution in [0.1, 0.15) is 44.4 Å². The Balaban J connectivity index is 1.60. The number of H-pyrrole nitrogens is 1. The molecule has 6 N–H and O–H groups in total. The number of hydrogen-bond donors (Lipinski definition) is 6. The number of likely N-dealkylation sites (tertiary alicyclic amines) is 1. The lowest BCUT2D eigenvalue weighted by Gasteiger charge is -2.27. The van der Waals surface area contributed by atoms with Crippen LogP contribution in [0.5, 0.6) is 0 Å². The lowest BCUT2D eigenvalue weighted by atomic mass is 9.91. The molecule has 0 spiro atoms. The third kappa shape index (κ3) is 9.61. The maximum atomic E-state index is 14.1. The zero-order valence-corrected chi connectivity index (χ0v) is 27.0. The molecule has 2 heterocycles. The average molecular weight is 666 g/mol. The Kier molecular flexibility index (Phi) is 12.6. The molecule has 1 fully saturated rings. The molecule has 1 aliphatic heterocycles. The molecule has 1 aromatic heterocycles. The number of carboxylic acid groups (broad SMARTS) is 1. The molecule has 14 nitrogen and oxygen atoms in total. The minimum atomic E-state index is -1.87. The number of aromatic amines is 1. The van der Waals surface area contributed by atoms with Gasteiger partial charge in [-0.1, -0.05) is 56.3 Å². The van der Waals surface area contributed by atoms with Crippen LogP contribution in [0.3, 0.4) is 0 Å². The number of carbonyl (C=O) groups is 5. The first-order chi connectivity index (χ1) is 23.0. The number of aliphatic hydroxyl groups excluding tert-OH is 2. The minimum Gasteiger partial charge on any atom is -0.479 e. The molecule has 48 heavy (non-hydrogen) atoms. The van der Waals surface area contributed by atoms with Crippen molar-refractivity contribution in [3.05, 3.63) is 66.2 Å². The minimum absolute atomic E-state index is 0.0473. The second-order valence-electron chi connectivity index (χ2n) is 12.5. The van der Waals surface area contributed by atoms with Crippen LogP contribution in [-0.4, -0.2) is 97.9 Å². The molecule has 0 saturated carbocycles. The largest absolute Gasteiger partial charge is 0.479 e. The summed E-state index contributed by atoms with van der Waals surface area (Å²) in [4.78, 5) is 73.6. The predicted octanol–water partition coefficient (Wildman–Crippen LogP) is 1.16. The molecule has 1 aliphatic rings. The van der Waals surface area contributed by atoms with Crippen LogP contribution < -0.4 is 10.6 Å². The van der Waals surface area contributed by atoms with Crippen molar-refractivity contribution >= 4 is 40.4 Å². The van der Waals surface area contributed by atoms with E-state index in [1.807, 2.05) is 56.3 Å². The highest BCUT2D eigenvalue weighted by Gasteiger charge is 2.36. The van der Waals surface area contributed by atoms with Gasteiger partial charge in [0.15, 0.2) is 12.9 Å². The summed E-state index contributed by atoms with van der Waals surface area (Å²) in [6.07, 6.45) is 1.53. The SMILES string of the molecule is CC(C)C[C@H](NC(=O)[C@H](Cc1c[nH]cn1)NC(=O)C(CC(=O)N1CCC(C(=O)OCO)C1)Cc1cccc2ccccc12)C(O)C(=O)O. The zero-order valence-electron chi connectivity index (χ0n) is 27.0. The number of aliphatic hydroxyl groups is 2. The van der Waals surface area contributed by atoms with Crippen molar-refractivity contribution in [2.75, 3.05) is 19.9 Å². The van der Waals surface area contributed by atoms with Crippen molar-refractivity contribution in [1.82, 2.24) is 25.5 Å². The van der Waals surface area contributed by atoms with Crippen LogP contribution in [0.2, 0.25) is 0 Å². The van der Waals surface area contributed by atoms with Crippen LogP contribution >= 0.6 is 0 Å². The number of hydrogen-bond acceptors (Lipinski definition) is 9. The monoisotopic (exact) mass is 665 g/mol. The number of nitrogens with one attached hydrogen (secondary N) is 3. The van der Waals surface area contributed by atoms with Crippen molar-refractivity contribution in [3.63, 3.8) is 0 Å². The molecule has 0 bridgehead atoms. The number of amides is 3. The van der Waals surface area contributed by atoms with E-state index in [0.29, 0.717) is 12.1 Å². The zero-order chi connectivity index (χ0) is 34.8. The summed E-state index contributed by atoms with van der Waals surface area (Å²) in [5, 5.41) is 36.0. The molecule has 4 rings (SSSR count). The van der Waals surface area contributed by atoms with E-state index in [1.165, 1.54) is 11.2 Å². The van der Waals surface area contributed by atoms with Gasteiger partial charge in [-0.3, -0.25) is 19.2 Å². The van der Waals surface area contributed by atoms with Gasteiger partial charge in [0.1, 0.15) is 6.04 Å². The van der Waals surface area contributed by atoms with Crippen molar-refractivity contribution < 1.29 is 44.0 Å². The molecular formula is C34H43N5O9. The van der Waals surface area contributed by atoms with Gasteiger partial charge < -0.3 is 40.6 Å². The van der Waals surface area contributed by atoms with Crippen molar-refractivity contribution in [3.8, 4) is 0 Å². The fourth-order valence-corrected chi connectivity index (χ4v) is 6.03. The Labute approximate surface area is 277 Å². The summed E-state index contributed by atoms with van der Waals surface area (Å²) in [5.41, 5.74) is 1.27. The Hall–Kier alpha value is -4.82. The number of aliphatic carboxylic acids is 1. The van der Waals surface area contributed by atoms with Crippen molar-refractivity contribution in [2.45, 2.75) is 64.1 Å². The second kappa shape index (κ2) is 16.8. The lowest BCUT2D eigenvalue weighted by molar-refractivity contribution is -0.156. The van der Waals surface area contributed by atoms with Gasteiger partial charge in [-0.2, -0.15) is 0 Å². The summed E-state index contributed by atoms with van der Waals surface area (Å²) in [7, 11) is 0. The Morgan fingerprint density at radius 2 is 1.79 bits per heavy atom. The molecule has 3 aromatic rings. The standard InChI is InChI=1S/C34H43N5O9/c1-20(2)12-27(30(42)33(45)46)37-32(44)28(15-25-16-35-18-36-25)38-31(43)24(13-22-8-5-7-21-6-3-4-9-26(21)22)14-29(41)39-11-10-23(17-39)34(47)48-19-40/h3-9,16,18,20,23-24,27-28,30,40,42H,10-15,17,19H2,1-2H3,(H,35,36)(H,37,44)(H,38,43)(H,45,46)/t23?,24?,27-,28-,30?/m0/s1. The van der Waals surface area contributed by atoms with E-state index in [-0.39, 0.29) is 50.6 Å². The lowest BCUT2D eigenvalue weighted by Crippen LogP contribution is -2.56. The normalized spacial score (nSPS) is 17.0. The maximum Gasteiger partial charge on any atom is 0.334 e. The van der Waals surface area contributed by atoms with E-state index >= 15 is 0 Å². The number of aromatic nitrogens is 2. The summed E-state index contributed by atoms with van der Waals surface area (Å²) in [6.45, 7) is 3.26. The molecule has 14 heteroatoms. The number of carboxylic acids is 1. The fraction of sp³-hybridized carbons (Fsp3) is 0.471. The first-order valence-electron chi connectivity index (χ1n) is 16.0. The van der Waals surface area contributed by atoms with Crippen LogP contribution in [0.15, 0.2) is 55.0 Å². The quantitative estimate of drug-likeness (QED) is 0.0949. The molecule has 0 radical (unpaired) electrons. The van der Waals surface area contributed by atoms with E-state index in [4.69, 9.17) is 9.84 Å². The van der Waals surface area contributed by atoms with Crippen LogP contribution in [0.4, 0.5) is 0 Å².